The number of rotatable bonds is 12. The average Bonchev–Trinajstić information content (AvgIpc) is 2.81. The maximum Gasteiger partial charge on any atom is 0.344 e. The number of carboxylic acid groups (broad SMARTS) is 1. The quantitative estimate of drug-likeness (QED) is 0.207. The molecule has 0 aromatic heterocycles. The van der Waals surface area contributed by atoms with E-state index in [4.69, 9.17) is 27.4 Å². The molecule has 0 radical (unpaired) electrons. The van der Waals surface area contributed by atoms with Crippen LogP contribution in [0.2, 0.25) is 0 Å². The molecule has 0 spiro atoms. The SMILES string of the molecule is CCOC(=O)COc1ccc(C(=O)CC(CC)(C(=O)O)C(=O)c2ccc(C(N)=S)cc2)cc1. The van der Waals surface area contributed by atoms with Crippen molar-refractivity contribution in [2.45, 2.75) is 26.7 Å². The molecule has 0 saturated heterocycles. The highest BCUT2D eigenvalue weighted by molar-refractivity contribution is 7.80. The van der Waals surface area contributed by atoms with Crippen LogP contribution in [-0.2, 0) is 14.3 Å². The fourth-order valence-corrected chi connectivity index (χ4v) is 3.35. The molecule has 2 rings (SSSR count). The van der Waals surface area contributed by atoms with Gasteiger partial charge < -0.3 is 20.3 Å². The van der Waals surface area contributed by atoms with Crippen molar-refractivity contribution in [3.63, 3.8) is 0 Å². The molecule has 1 atom stereocenters. The van der Waals surface area contributed by atoms with Crippen LogP contribution in [0.25, 0.3) is 0 Å². The van der Waals surface area contributed by atoms with Gasteiger partial charge in [-0.05, 0) is 37.6 Å². The molecule has 0 aliphatic carbocycles. The number of carbonyl (C=O) groups excluding carboxylic acids is 3. The predicted molar refractivity (Wildman–Crippen MR) is 125 cm³/mol. The van der Waals surface area contributed by atoms with Crippen molar-refractivity contribution < 1.29 is 33.8 Å². The van der Waals surface area contributed by atoms with Crippen LogP contribution in [0.4, 0.5) is 0 Å². The van der Waals surface area contributed by atoms with E-state index in [1.165, 1.54) is 48.5 Å². The number of hydrogen-bond acceptors (Lipinski definition) is 7. The second-order valence-corrected chi connectivity index (χ2v) is 7.67. The third-order valence-corrected chi connectivity index (χ3v) is 5.42. The Balaban J connectivity index is 2.21. The molecule has 174 valence electrons. The third-order valence-electron chi connectivity index (χ3n) is 5.18. The minimum absolute atomic E-state index is 0.0787. The number of esters is 1. The van der Waals surface area contributed by atoms with Crippen LogP contribution in [0.5, 0.6) is 5.75 Å². The van der Waals surface area contributed by atoms with Crippen LogP contribution in [-0.4, -0.2) is 46.8 Å². The van der Waals surface area contributed by atoms with Crippen molar-refractivity contribution in [2.75, 3.05) is 13.2 Å². The second-order valence-electron chi connectivity index (χ2n) is 7.23. The summed E-state index contributed by atoms with van der Waals surface area (Å²) in [6.45, 7) is 3.19. The highest BCUT2D eigenvalue weighted by Crippen LogP contribution is 2.33. The Kier molecular flexibility index (Phi) is 8.81. The Bertz CT molecular complexity index is 1050. The number of carbonyl (C=O) groups is 4. The molecule has 2 aromatic carbocycles. The first-order chi connectivity index (χ1) is 15.6. The highest BCUT2D eigenvalue weighted by Gasteiger charge is 2.46. The monoisotopic (exact) mass is 471 g/mol. The van der Waals surface area contributed by atoms with Gasteiger partial charge in [0.25, 0.3) is 0 Å². The standard InChI is InChI=1S/C24H25NO7S/c1-3-24(23(29)30,21(28)16-5-7-17(8-6-16)22(25)33)13-19(26)15-9-11-18(12-10-15)32-14-20(27)31-4-2/h5-12H,3-4,13-14H2,1-2H3,(H2,25,33)(H,29,30). The van der Waals surface area contributed by atoms with E-state index >= 15 is 0 Å². The number of nitrogens with two attached hydrogens (primary N) is 1. The van der Waals surface area contributed by atoms with E-state index in [1.807, 2.05) is 0 Å². The number of aliphatic carboxylic acids is 1. The number of ketones is 2. The van der Waals surface area contributed by atoms with E-state index in [9.17, 15) is 24.3 Å². The summed E-state index contributed by atoms with van der Waals surface area (Å²) in [6, 6.07) is 11.8. The van der Waals surface area contributed by atoms with E-state index in [2.05, 4.69) is 0 Å². The number of hydrogen-bond donors (Lipinski definition) is 2. The van der Waals surface area contributed by atoms with Gasteiger partial charge in [0.1, 0.15) is 16.2 Å². The van der Waals surface area contributed by atoms with Crippen molar-refractivity contribution in [1.82, 2.24) is 0 Å². The number of Topliss-reactive ketones (excluding diaryl/α,β-unsaturated/α-hetero) is 2. The number of benzene rings is 2. The van der Waals surface area contributed by atoms with Gasteiger partial charge in [0.15, 0.2) is 18.2 Å². The zero-order valence-corrected chi connectivity index (χ0v) is 19.1. The maximum atomic E-state index is 13.2. The van der Waals surface area contributed by atoms with Crippen LogP contribution in [0.3, 0.4) is 0 Å². The maximum absolute atomic E-state index is 13.2. The number of thiocarbonyl (C=S) groups is 1. The zero-order chi connectivity index (χ0) is 24.6. The molecule has 0 saturated carbocycles. The summed E-state index contributed by atoms with van der Waals surface area (Å²) < 4.78 is 10.1. The molecule has 33 heavy (non-hydrogen) atoms. The topological polar surface area (TPSA) is 133 Å². The fourth-order valence-electron chi connectivity index (χ4n) is 3.21. The van der Waals surface area contributed by atoms with Gasteiger partial charge in [-0.2, -0.15) is 0 Å². The van der Waals surface area contributed by atoms with Crippen LogP contribution in [0, 0.1) is 5.41 Å². The summed E-state index contributed by atoms with van der Waals surface area (Å²) in [6.07, 6.45) is -0.595. The molecule has 0 aliphatic rings. The van der Waals surface area contributed by atoms with Crippen molar-refractivity contribution >= 4 is 40.7 Å². The average molecular weight is 472 g/mol. The number of ether oxygens (including phenoxy) is 2. The molecule has 0 amide bonds. The predicted octanol–water partition coefficient (Wildman–Crippen LogP) is 3.20. The molecule has 1 unspecified atom stereocenters. The van der Waals surface area contributed by atoms with Crippen molar-refractivity contribution in [3.8, 4) is 5.75 Å². The van der Waals surface area contributed by atoms with Crippen molar-refractivity contribution in [1.29, 1.82) is 0 Å². The van der Waals surface area contributed by atoms with Gasteiger partial charge in [-0.15, -0.1) is 0 Å². The van der Waals surface area contributed by atoms with Gasteiger partial charge in [0, 0.05) is 23.1 Å². The van der Waals surface area contributed by atoms with Gasteiger partial charge in [-0.1, -0.05) is 43.4 Å². The first kappa shape index (κ1) is 25.7. The van der Waals surface area contributed by atoms with Crippen molar-refractivity contribution in [3.05, 3.63) is 65.2 Å². The summed E-state index contributed by atoms with van der Waals surface area (Å²) in [5, 5.41) is 9.93. The Morgan fingerprint density at radius 3 is 1.97 bits per heavy atom. The smallest absolute Gasteiger partial charge is 0.344 e. The Labute approximate surface area is 196 Å². The summed E-state index contributed by atoms with van der Waals surface area (Å²) in [5.74, 6) is -2.74. The minimum Gasteiger partial charge on any atom is -0.482 e. The van der Waals surface area contributed by atoms with Crippen LogP contribution >= 0.6 is 12.2 Å². The lowest BCUT2D eigenvalue weighted by molar-refractivity contribution is -0.146. The second kappa shape index (κ2) is 11.3. The Morgan fingerprint density at radius 1 is 0.939 bits per heavy atom. The highest BCUT2D eigenvalue weighted by atomic mass is 32.1. The summed E-state index contributed by atoms with van der Waals surface area (Å²) in [4.78, 5) is 49.8. The van der Waals surface area contributed by atoms with Gasteiger partial charge in [-0.3, -0.25) is 14.4 Å². The lowest BCUT2D eigenvalue weighted by Crippen LogP contribution is -2.41. The fraction of sp³-hybridized carbons (Fsp3) is 0.292. The van der Waals surface area contributed by atoms with Gasteiger partial charge >= 0.3 is 11.9 Å². The minimum atomic E-state index is -1.93. The molecule has 0 aliphatic heterocycles. The van der Waals surface area contributed by atoms with E-state index in [0.717, 1.165) is 0 Å². The van der Waals surface area contributed by atoms with Crippen LogP contribution in [0.1, 0.15) is 53.0 Å². The lowest BCUT2D eigenvalue weighted by atomic mass is 9.73. The molecule has 0 heterocycles. The normalized spacial score (nSPS) is 12.3. The molecule has 9 heteroatoms. The molecular weight excluding hydrogens is 446 g/mol. The molecule has 3 N–H and O–H groups in total. The zero-order valence-electron chi connectivity index (χ0n) is 18.3. The molecule has 8 nitrogen and oxygen atoms in total. The number of carboxylic acids is 1. The van der Waals surface area contributed by atoms with Gasteiger partial charge in [0.2, 0.25) is 0 Å². The molecule has 0 fully saturated rings. The molecule has 0 bridgehead atoms. The van der Waals surface area contributed by atoms with Gasteiger partial charge in [-0.25, -0.2) is 4.79 Å². The first-order valence-electron chi connectivity index (χ1n) is 10.2. The van der Waals surface area contributed by atoms with E-state index in [1.54, 1.807) is 13.8 Å². The summed E-state index contributed by atoms with van der Waals surface area (Å²) >= 11 is 4.89. The Hall–Kier alpha value is -3.59. The van der Waals surface area contributed by atoms with E-state index in [-0.39, 0.29) is 35.7 Å². The first-order valence-corrected chi connectivity index (χ1v) is 10.6. The van der Waals surface area contributed by atoms with Crippen molar-refractivity contribution in [2.24, 2.45) is 11.1 Å². The summed E-state index contributed by atoms with van der Waals surface area (Å²) in [5.41, 5.74) is 4.54. The largest absolute Gasteiger partial charge is 0.482 e. The van der Waals surface area contributed by atoms with E-state index < -0.39 is 35.3 Å². The lowest BCUT2D eigenvalue weighted by Gasteiger charge is -2.26. The third kappa shape index (κ3) is 6.23. The molecule has 2 aromatic rings. The Morgan fingerprint density at radius 2 is 1.48 bits per heavy atom. The summed E-state index contributed by atoms with van der Waals surface area (Å²) in [7, 11) is 0. The van der Waals surface area contributed by atoms with Crippen LogP contribution < -0.4 is 10.5 Å². The molecular formula is C24H25NO7S. The van der Waals surface area contributed by atoms with Crippen LogP contribution in [0.15, 0.2) is 48.5 Å². The van der Waals surface area contributed by atoms with E-state index in [0.29, 0.717) is 11.3 Å². The van der Waals surface area contributed by atoms with Gasteiger partial charge in [0.05, 0.1) is 6.61 Å².